The van der Waals surface area contributed by atoms with Gasteiger partial charge in [0, 0.05) is 35.5 Å². The number of nitrogens with two attached hydrogens (primary N) is 1. The number of nitrogen functional groups attached to an aromatic ring is 1. The first-order valence-electron chi connectivity index (χ1n) is 13.0. The summed E-state index contributed by atoms with van der Waals surface area (Å²) in [6.45, 7) is 1.000. The number of hydrogen-bond donors (Lipinski definition) is 3. The summed E-state index contributed by atoms with van der Waals surface area (Å²) < 4.78 is 12.6. The predicted molar refractivity (Wildman–Crippen MR) is 148 cm³/mol. The van der Waals surface area contributed by atoms with Gasteiger partial charge in [-0.2, -0.15) is 9.36 Å². The largest absolute Gasteiger partial charge is 0.543 e. The molecule has 0 spiro atoms. The van der Waals surface area contributed by atoms with E-state index in [2.05, 4.69) is 30.2 Å². The molecule has 2 fully saturated rings. The number of oxime groups is 1. The second-order valence-corrected chi connectivity index (χ2v) is 11.5. The Morgan fingerprint density at radius 3 is 2.98 bits per heavy atom. The summed E-state index contributed by atoms with van der Waals surface area (Å²) in [7, 11) is 0. The van der Waals surface area contributed by atoms with E-state index < -0.39 is 29.2 Å². The number of aromatic nitrogens is 5. The number of anilines is 2. The van der Waals surface area contributed by atoms with Crippen LogP contribution in [-0.2, 0) is 35.3 Å². The number of nitrogens with one attached hydrogen (secondary N) is 2. The molecule has 17 nitrogen and oxygen atoms in total. The second-order valence-electron chi connectivity index (χ2n) is 9.64. The summed E-state index contributed by atoms with van der Waals surface area (Å²) in [5.41, 5.74) is 6.14. The van der Waals surface area contributed by atoms with Crippen molar-refractivity contribution in [2.24, 2.45) is 5.16 Å². The highest BCUT2D eigenvalue weighted by Crippen LogP contribution is 2.40. The third-order valence-electron chi connectivity index (χ3n) is 6.91. The number of thioether (sulfide) groups is 1. The van der Waals surface area contributed by atoms with Gasteiger partial charge in [0.1, 0.15) is 18.0 Å². The van der Waals surface area contributed by atoms with Crippen molar-refractivity contribution in [2.75, 3.05) is 30.0 Å². The Morgan fingerprint density at radius 2 is 2.26 bits per heavy atom. The number of hydrogen-bond acceptors (Lipinski definition) is 14. The molecule has 6 heterocycles. The number of carboxylic acid groups (broad SMARTS) is 1. The summed E-state index contributed by atoms with van der Waals surface area (Å²) in [5, 5.41) is 25.1. The molecule has 2 saturated heterocycles. The average Bonchev–Trinajstić information content (AvgIpc) is 3.59. The maximum Gasteiger partial charge on any atom is 0.309 e. The highest BCUT2D eigenvalue weighted by atomic mass is 32.2. The van der Waals surface area contributed by atoms with E-state index in [1.807, 2.05) is 0 Å². The van der Waals surface area contributed by atoms with Crippen LogP contribution in [0.3, 0.4) is 0 Å². The number of carbonyl (C=O) groups is 4. The lowest BCUT2D eigenvalue weighted by Crippen LogP contribution is -2.71. The summed E-state index contributed by atoms with van der Waals surface area (Å²) in [4.78, 5) is 60.6. The Morgan fingerprint density at radius 1 is 1.40 bits per heavy atom. The van der Waals surface area contributed by atoms with Crippen LogP contribution in [-0.4, -0.2) is 90.3 Å². The molecule has 0 aliphatic carbocycles. The van der Waals surface area contributed by atoms with Crippen molar-refractivity contribution >= 4 is 69.8 Å². The van der Waals surface area contributed by atoms with Crippen molar-refractivity contribution in [3.63, 3.8) is 0 Å². The lowest BCUT2D eigenvalue weighted by atomic mass is 10.0. The van der Waals surface area contributed by atoms with Crippen LogP contribution >= 0.6 is 23.3 Å². The minimum absolute atomic E-state index is 0.0657. The topological polar surface area (TPSA) is 222 Å². The minimum Gasteiger partial charge on any atom is -0.543 e. The zero-order valence-corrected chi connectivity index (χ0v) is 23.9. The number of ether oxygens (including phenoxy) is 1. The number of nitrogens with zero attached hydrogens (tertiary/aromatic N) is 7. The van der Waals surface area contributed by atoms with Crippen LogP contribution in [0.5, 0.6) is 0 Å². The average molecular weight is 629 g/mol. The van der Waals surface area contributed by atoms with Gasteiger partial charge < -0.3 is 30.5 Å². The number of imidazole rings is 1. The highest BCUT2D eigenvalue weighted by Gasteiger charge is 2.53. The molecular weight excluding hydrogens is 604 g/mol. The standard InChI is InChI=1S/C24H24N10O7S2/c25-24-29-19(31-43-24)16(30-41-13-3-2-6-40-9-13)20(36)28-17-21(37)33-18(23(38)39)12(10-42-22(17)33)7-32-8-14(26-11-35)34-15(32)4-1-5-27-34/h1,4-5,8,11,13,17,22H,2-3,6-7,9-10H2,(H4-,25,26,27,28,29,31,35,36,38,39)/b30-16-/t13?,17-,22-/m1/s1. The van der Waals surface area contributed by atoms with Gasteiger partial charge in [-0.1, -0.05) is 14.8 Å². The normalized spacial score (nSPS) is 22.1. The van der Waals surface area contributed by atoms with Crippen LogP contribution in [0.4, 0.5) is 10.9 Å². The number of fused-ring (bicyclic) bond motifs is 2. The fraction of sp³-hybridized carbons (Fsp3) is 0.375. The summed E-state index contributed by atoms with van der Waals surface area (Å²) >= 11 is 2.15. The minimum atomic E-state index is -1.53. The Labute approximate surface area is 250 Å². The first kappa shape index (κ1) is 28.5. The molecule has 3 atom stereocenters. The summed E-state index contributed by atoms with van der Waals surface area (Å²) in [6, 6.07) is 2.39. The SMILES string of the molecule is Nc1nc(/C(=N/OC2CCCOC2)C(=O)N[C@@H]2C(=O)N3C(C(=O)[O-])=C(C[n+]4cc(NC=O)n5ncccc54)CS[C@H]23)ns1. The highest BCUT2D eigenvalue weighted by molar-refractivity contribution is 8.00. The van der Waals surface area contributed by atoms with Crippen LogP contribution in [0, 0.1) is 0 Å². The first-order chi connectivity index (χ1) is 20.9. The zero-order valence-electron chi connectivity index (χ0n) is 22.2. The van der Waals surface area contributed by atoms with Crippen molar-refractivity contribution in [1.82, 2.24) is 29.2 Å². The number of carbonyl (C=O) groups excluding carboxylic acids is 4. The van der Waals surface area contributed by atoms with Gasteiger partial charge in [0.05, 0.1) is 24.5 Å². The van der Waals surface area contributed by atoms with Crippen LogP contribution in [0.15, 0.2) is 41.0 Å². The van der Waals surface area contributed by atoms with Crippen molar-refractivity contribution in [3.8, 4) is 0 Å². The molecule has 4 N–H and O–H groups in total. The maximum atomic E-state index is 13.3. The van der Waals surface area contributed by atoms with E-state index in [1.165, 1.54) is 16.3 Å². The summed E-state index contributed by atoms with van der Waals surface area (Å²) in [5.74, 6) is -2.41. The maximum absolute atomic E-state index is 13.3. The van der Waals surface area contributed by atoms with Crippen molar-refractivity contribution < 1.29 is 38.4 Å². The van der Waals surface area contributed by atoms with Gasteiger partial charge in [0.2, 0.25) is 17.9 Å². The number of aliphatic carboxylic acids is 1. The molecule has 3 aliphatic heterocycles. The predicted octanol–water partition coefficient (Wildman–Crippen LogP) is -2.37. The molecule has 1 unspecified atom stereocenters. The molecule has 0 saturated carbocycles. The number of carboxylic acids is 1. The van der Waals surface area contributed by atoms with Crippen LogP contribution in [0.2, 0.25) is 0 Å². The summed E-state index contributed by atoms with van der Waals surface area (Å²) in [6.07, 6.45) is 4.75. The molecule has 3 aromatic rings. The molecule has 6 rings (SSSR count). The zero-order chi connectivity index (χ0) is 30.1. The van der Waals surface area contributed by atoms with Crippen molar-refractivity contribution in [2.45, 2.75) is 36.9 Å². The molecule has 0 bridgehead atoms. The molecule has 19 heteroatoms. The molecule has 3 amide bonds. The molecule has 224 valence electrons. The monoisotopic (exact) mass is 628 g/mol. The van der Waals surface area contributed by atoms with Crippen LogP contribution in [0.1, 0.15) is 18.7 Å². The van der Waals surface area contributed by atoms with E-state index >= 15 is 0 Å². The van der Waals surface area contributed by atoms with Gasteiger partial charge in [-0.15, -0.1) is 11.8 Å². The Bertz CT molecular complexity index is 1660. The van der Waals surface area contributed by atoms with E-state index in [4.69, 9.17) is 15.3 Å². The lowest BCUT2D eigenvalue weighted by molar-refractivity contribution is -0.662. The fourth-order valence-corrected chi connectivity index (χ4v) is 6.74. The van der Waals surface area contributed by atoms with E-state index in [0.29, 0.717) is 43.1 Å². The van der Waals surface area contributed by atoms with Crippen LogP contribution in [0.25, 0.3) is 5.65 Å². The number of amides is 3. The van der Waals surface area contributed by atoms with E-state index in [1.54, 1.807) is 29.1 Å². The molecule has 0 aromatic carbocycles. The van der Waals surface area contributed by atoms with Gasteiger partial charge in [-0.05, 0) is 18.9 Å². The molecule has 3 aliphatic rings. The fourth-order valence-electron chi connectivity index (χ4n) is 4.97. The van der Waals surface area contributed by atoms with Gasteiger partial charge in [0.15, 0.2) is 17.4 Å². The number of β-lactam (4-membered cyclic amide) rings is 1. The third-order valence-corrected chi connectivity index (χ3v) is 8.79. The number of rotatable bonds is 10. The van der Waals surface area contributed by atoms with Gasteiger partial charge >= 0.3 is 5.65 Å². The van der Waals surface area contributed by atoms with Gasteiger partial charge in [-0.3, -0.25) is 24.6 Å². The Hall–Kier alpha value is -4.62. The van der Waals surface area contributed by atoms with E-state index in [0.717, 1.165) is 22.9 Å². The molecule has 3 aromatic heterocycles. The van der Waals surface area contributed by atoms with E-state index in [9.17, 15) is 24.3 Å². The Balaban J connectivity index is 1.22. The van der Waals surface area contributed by atoms with Crippen molar-refractivity contribution in [3.05, 3.63) is 41.6 Å². The smallest absolute Gasteiger partial charge is 0.309 e. The molecule has 0 radical (unpaired) electrons. The molecule has 43 heavy (non-hydrogen) atoms. The van der Waals surface area contributed by atoms with Gasteiger partial charge in [-0.25, -0.2) is 4.57 Å². The first-order valence-corrected chi connectivity index (χ1v) is 14.8. The third kappa shape index (κ3) is 5.48. The second kappa shape index (κ2) is 11.9. The quantitative estimate of drug-likeness (QED) is 0.0705. The Kier molecular flexibility index (Phi) is 7.91. The van der Waals surface area contributed by atoms with Crippen molar-refractivity contribution in [1.29, 1.82) is 0 Å². The van der Waals surface area contributed by atoms with Gasteiger partial charge in [0.25, 0.3) is 17.6 Å². The van der Waals surface area contributed by atoms with Crippen LogP contribution < -0.4 is 26.0 Å². The lowest BCUT2D eigenvalue weighted by Gasteiger charge is -2.50. The van der Waals surface area contributed by atoms with E-state index in [-0.39, 0.29) is 40.8 Å². The molecular formula is C24H24N10O7S2.